The lowest BCUT2D eigenvalue weighted by Crippen LogP contribution is -2.28. The van der Waals surface area contributed by atoms with Crippen LogP contribution in [0.5, 0.6) is 0 Å². The van der Waals surface area contributed by atoms with Gasteiger partial charge < -0.3 is 10.6 Å². The van der Waals surface area contributed by atoms with Crippen LogP contribution in [0.4, 0.5) is 0 Å². The Labute approximate surface area is 147 Å². The number of nitrogens with one attached hydrogen (secondary N) is 2. The van der Waals surface area contributed by atoms with Crippen LogP contribution in [0, 0.1) is 5.92 Å². The molecule has 2 amide bonds. The molecule has 0 fully saturated rings. The van der Waals surface area contributed by atoms with Gasteiger partial charge in [-0.3, -0.25) is 9.59 Å². The molecule has 0 unspecified atom stereocenters. The highest BCUT2D eigenvalue weighted by Crippen LogP contribution is 2.14. The molecule has 0 atom stereocenters. The summed E-state index contributed by atoms with van der Waals surface area (Å²) in [4.78, 5) is 24.4. The molecule has 0 radical (unpaired) electrons. The summed E-state index contributed by atoms with van der Waals surface area (Å²) in [6, 6.07) is 14.0. The zero-order chi connectivity index (χ0) is 17.5. The maximum absolute atomic E-state index is 12.3. The van der Waals surface area contributed by atoms with Crippen molar-refractivity contribution in [2.45, 2.75) is 20.4 Å². The van der Waals surface area contributed by atoms with Crippen molar-refractivity contribution in [2.24, 2.45) is 5.92 Å². The minimum atomic E-state index is -0.242. The number of amides is 2. The molecule has 0 saturated heterocycles. The van der Waals surface area contributed by atoms with Gasteiger partial charge in [0.05, 0.1) is 0 Å². The molecule has 0 aliphatic rings. The summed E-state index contributed by atoms with van der Waals surface area (Å²) in [5.74, 6) is -0.0473. The van der Waals surface area contributed by atoms with Crippen molar-refractivity contribution in [1.29, 1.82) is 0 Å². The Bertz CT molecular complexity index is 729. The Morgan fingerprint density at radius 1 is 0.958 bits per heavy atom. The second-order valence-electron chi connectivity index (χ2n) is 5.96. The first-order chi connectivity index (χ1) is 11.5. The standard InChI is InChI=1S/C19H21ClN2O2/c1-13(2)11-21-18(23)14-7-5-8-15(10-14)19(24)22-12-16-6-3-4-9-17(16)20/h3-10,13H,11-12H2,1-2H3,(H,21,23)(H,22,24). The van der Waals surface area contributed by atoms with Gasteiger partial charge in [-0.25, -0.2) is 0 Å². The van der Waals surface area contributed by atoms with Crippen molar-refractivity contribution in [2.75, 3.05) is 6.54 Å². The maximum atomic E-state index is 12.3. The first kappa shape index (κ1) is 18.0. The quantitative estimate of drug-likeness (QED) is 0.840. The van der Waals surface area contributed by atoms with E-state index >= 15 is 0 Å². The van der Waals surface area contributed by atoms with Crippen molar-refractivity contribution >= 4 is 23.4 Å². The minimum Gasteiger partial charge on any atom is -0.352 e. The molecule has 5 heteroatoms. The van der Waals surface area contributed by atoms with E-state index in [1.54, 1.807) is 30.3 Å². The van der Waals surface area contributed by atoms with Crippen LogP contribution in [0.25, 0.3) is 0 Å². The molecule has 24 heavy (non-hydrogen) atoms. The molecule has 0 bridgehead atoms. The molecule has 0 aliphatic carbocycles. The van der Waals surface area contributed by atoms with Gasteiger partial charge >= 0.3 is 0 Å². The molecule has 0 spiro atoms. The van der Waals surface area contributed by atoms with Crippen molar-refractivity contribution in [3.8, 4) is 0 Å². The lowest BCUT2D eigenvalue weighted by molar-refractivity contribution is 0.0949. The zero-order valence-electron chi connectivity index (χ0n) is 13.8. The van der Waals surface area contributed by atoms with E-state index in [4.69, 9.17) is 11.6 Å². The van der Waals surface area contributed by atoms with Crippen LogP contribution >= 0.6 is 11.6 Å². The zero-order valence-corrected chi connectivity index (χ0v) is 14.6. The fourth-order valence-corrected chi connectivity index (χ4v) is 2.32. The van der Waals surface area contributed by atoms with E-state index in [0.717, 1.165) is 5.56 Å². The Kier molecular flexibility index (Phi) is 6.38. The third-order valence-corrected chi connectivity index (χ3v) is 3.82. The normalized spacial score (nSPS) is 10.5. The fraction of sp³-hybridized carbons (Fsp3) is 0.263. The second kappa shape index (κ2) is 8.50. The first-order valence-corrected chi connectivity index (χ1v) is 8.25. The highest BCUT2D eigenvalue weighted by atomic mass is 35.5. The van der Waals surface area contributed by atoms with Gasteiger partial charge in [-0.15, -0.1) is 0 Å². The summed E-state index contributed by atoms with van der Waals surface area (Å²) in [6.45, 7) is 4.99. The molecule has 2 aromatic rings. The summed E-state index contributed by atoms with van der Waals surface area (Å²) in [6.07, 6.45) is 0. The highest BCUT2D eigenvalue weighted by molar-refractivity contribution is 6.31. The van der Waals surface area contributed by atoms with E-state index in [1.165, 1.54) is 0 Å². The van der Waals surface area contributed by atoms with Gasteiger partial charge in [0.1, 0.15) is 0 Å². The predicted octanol–water partition coefficient (Wildman–Crippen LogP) is 3.66. The van der Waals surface area contributed by atoms with Gasteiger partial charge in [0, 0.05) is 29.2 Å². The Morgan fingerprint density at radius 3 is 2.21 bits per heavy atom. The molecule has 4 nitrogen and oxygen atoms in total. The van der Waals surface area contributed by atoms with Crippen molar-refractivity contribution in [3.63, 3.8) is 0 Å². The smallest absolute Gasteiger partial charge is 0.251 e. The highest BCUT2D eigenvalue weighted by Gasteiger charge is 2.11. The van der Waals surface area contributed by atoms with Crippen molar-refractivity contribution in [3.05, 3.63) is 70.2 Å². The number of carbonyl (C=O) groups excluding carboxylic acids is 2. The Balaban J connectivity index is 2.01. The van der Waals surface area contributed by atoms with Crippen LogP contribution in [-0.2, 0) is 6.54 Å². The van der Waals surface area contributed by atoms with Gasteiger partial charge in [-0.2, -0.15) is 0 Å². The van der Waals surface area contributed by atoms with Crippen LogP contribution in [0.1, 0.15) is 40.1 Å². The molecule has 0 heterocycles. The summed E-state index contributed by atoms with van der Waals surface area (Å²) in [5, 5.41) is 6.27. The third-order valence-electron chi connectivity index (χ3n) is 3.46. The number of carbonyl (C=O) groups is 2. The van der Waals surface area contributed by atoms with E-state index in [-0.39, 0.29) is 11.8 Å². The fourth-order valence-electron chi connectivity index (χ4n) is 2.12. The summed E-state index contributed by atoms with van der Waals surface area (Å²) in [7, 11) is 0. The first-order valence-electron chi connectivity index (χ1n) is 7.87. The monoisotopic (exact) mass is 344 g/mol. The van der Waals surface area contributed by atoms with Crippen LogP contribution in [0.3, 0.4) is 0 Å². The topological polar surface area (TPSA) is 58.2 Å². The molecule has 0 aromatic heterocycles. The molecule has 0 aliphatic heterocycles. The predicted molar refractivity (Wildman–Crippen MR) is 96.2 cm³/mol. The lowest BCUT2D eigenvalue weighted by atomic mass is 10.1. The van der Waals surface area contributed by atoms with Gasteiger partial charge in [0.15, 0.2) is 0 Å². The lowest BCUT2D eigenvalue weighted by Gasteiger charge is -2.10. The summed E-state index contributed by atoms with van der Waals surface area (Å²) >= 11 is 6.08. The largest absolute Gasteiger partial charge is 0.352 e. The van der Waals surface area contributed by atoms with Gasteiger partial charge in [0.2, 0.25) is 0 Å². The van der Waals surface area contributed by atoms with Crippen LogP contribution in [-0.4, -0.2) is 18.4 Å². The SMILES string of the molecule is CC(C)CNC(=O)c1cccc(C(=O)NCc2ccccc2Cl)c1. The van der Waals surface area contributed by atoms with E-state index < -0.39 is 0 Å². The van der Waals surface area contributed by atoms with Crippen LogP contribution < -0.4 is 10.6 Å². The van der Waals surface area contributed by atoms with E-state index in [0.29, 0.717) is 35.2 Å². The second-order valence-corrected chi connectivity index (χ2v) is 6.37. The van der Waals surface area contributed by atoms with Gasteiger partial charge in [-0.05, 0) is 35.7 Å². The molecule has 2 N–H and O–H groups in total. The average Bonchev–Trinajstić information content (AvgIpc) is 2.58. The number of hydrogen-bond donors (Lipinski definition) is 2. The number of hydrogen-bond acceptors (Lipinski definition) is 2. The molecule has 2 rings (SSSR count). The van der Waals surface area contributed by atoms with E-state index in [2.05, 4.69) is 10.6 Å². The van der Waals surface area contributed by atoms with Gasteiger partial charge in [-0.1, -0.05) is 49.7 Å². The average molecular weight is 345 g/mol. The van der Waals surface area contributed by atoms with Crippen molar-refractivity contribution in [1.82, 2.24) is 10.6 Å². The van der Waals surface area contributed by atoms with E-state index in [1.807, 2.05) is 32.0 Å². The Morgan fingerprint density at radius 2 is 1.58 bits per heavy atom. The van der Waals surface area contributed by atoms with Gasteiger partial charge in [0.25, 0.3) is 11.8 Å². The molecular formula is C19H21ClN2O2. The molecule has 126 valence electrons. The molecule has 0 saturated carbocycles. The van der Waals surface area contributed by atoms with Crippen molar-refractivity contribution < 1.29 is 9.59 Å². The third kappa shape index (κ3) is 5.10. The maximum Gasteiger partial charge on any atom is 0.251 e. The Hall–Kier alpha value is -2.33. The minimum absolute atomic E-state index is 0.176. The molecular weight excluding hydrogens is 324 g/mol. The van der Waals surface area contributed by atoms with E-state index in [9.17, 15) is 9.59 Å². The van der Waals surface area contributed by atoms with Crippen LogP contribution in [0.2, 0.25) is 5.02 Å². The van der Waals surface area contributed by atoms with Crippen LogP contribution in [0.15, 0.2) is 48.5 Å². The molecule has 2 aromatic carbocycles. The summed E-state index contributed by atoms with van der Waals surface area (Å²) < 4.78 is 0. The number of halogens is 1. The summed E-state index contributed by atoms with van der Waals surface area (Å²) in [5.41, 5.74) is 1.76. The number of rotatable bonds is 6. The number of benzene rings is 2.